The third kappa shape index (κ3) is 4.75. The first-order chi connectivity index (χ1) is 10.0. The van der Waals surface area contributed by atoms with Gasteiger partial charge in [-0.2, -0.15) is 0 Å². The smallest absolute Gasteiger partial charge is 0.309 e. The number of aliphatic carboxylic acids is 1. The Hall–Kier alpha value is -2.08. The summed E-state index contributed by atoms with van der Waals surface area (Å²) in [6, 6.07) is 6.01. The van der Waals surface area contributed by atoms with Crippen LogP contribution >= 0.6 is 11.3 Å². The summed E-state index contributed by atoms with van der Waals surface area (Å²) in [6.45, 7) is 5.27. The molecule has 0 aliphatic rings. The molecule has 0 radical (unpaired) electrons. The number of nitrogens with one attached hydrogen (secondary N) is 1. The van der Waals surface area contributed by atoms with Crippen molar-refractivity contribution in [3.05, 3.63) is 40.4 Å². The molecule has 0 saturated carbocycles. The van der Waals surface area contributed by atoms with Crippen LogP contribution in [0.15, 0.2) is 23.6 Å². The van der Waals surface area contributed by atoms with Gasteiger partial charge in [-0.25, -0.2) is 4.98 Å². The molecule has 5 nitrogen and oxygen atoms in total. The lowest BCUT2D eigenvalue weighted by molar-refractivity contribution is -0.136. The quantitative estimate of drug-likeness (QED) is 0.770. The number of carbonyl (C=O) groups is 1. The molecular formula is C15H18N2O3S. The summed E-state index contributed by atoms with van der Waals surface area (Å²) in [7, 11) is 0. The molecule has 0 bridgehead atoms. The van der Waals surface area contributed by atoms with Crippen LogP contribution in [-0.4, -0.2) is 29.2 Å². The minimum Gasteiger partial charge on any atom is -0.492 e. The molecule has 2 rings (SSSR count). The summed E-state index contributed by atoms with van der Waals surface area (Å²) in [4.78, 5) is 14.8. The van der Waals surface area contributed by atoms with Gasteiger partial charge in [-0.1, -0.05) is 6.07 Å². The highest BCUT2D eigenvalue weighted by Gasteiger charge is 2.05. The van der Waals surface area contributed by atoms with Crippen LogP contribution in [0, 0.1) is 13.8 Å². The fraction of sp³-hybridized carbons (Fsp3) is 0.333. The molecule has 0 spiro atoms. The Kier molecular flexibility index (Phi) is 5.16. The second-order valence-electron chi connectivity index (χ2n) is 4.74. The van der Waals surface area contributed by atoms with Crippen LogP contribution in [0.2, 0.25) is 0 Å². The highest BCUT2D eigenvalue weighted by molar-refractivity contribution is 7.13. The molecule has 0 saturated heterocycles. The number of hydrogen-bond acceptors (Lipinski definition) is 5. The molecule has 0 aliphatic carbocycles. The Morgan fingerprint density at radius 1 is 1.38 bits per heavy atom. The Labute approximate surface area is 127 Å². The zero-order valence-electron chi connectivity index (χ0n) is 12.0. The van der Waals surface area contributed by atoms with Gasteiger partial charge in [-0.3, -0.25) is 4.79 Å². The van der Waals surface area contributed by atoms with E-state index in [4.69, 9.17) is 9.84 Å². The van der Waals surface area contributed by atoms with Crippen LogP contribution in [0.5, 0.6) is 5.75 Å². The second kappa shape index (κ2) is 7.08. The van der Waals surface area contributed by atoms with Crippen molar-refractivity contribution in [2.24, 2.45) is 0 Å². The van der Waals surface area contributed by atoms with Crippen molar-refractivity contribution < 1.29 is 14.6 Å². The zero-order valence-corrected chi connectivity index (χ0v) is 12.9. The van der Waals surface area contributed by atoms with Gasteiger partial charge in [0.05, 0.1) is 18.7 Å². The van der Waals surface area contributed by atoms with Crippen LogP contribution in [0.25, 0.3) is 0 Å². The van der Waals surface area contributed by atoms with Crippen molar-refractivity contribution in [2.45, 2.75) is 20.3 Å². The van der Waals surface area contributed by atoms with E-state index in [9.17, 15) is 4.79 Å². The topological polar surface area (TPSA) is 71.5 Å². The molecule has 0 aliphatic heterocycles. The molecular weight excluding hydrogens is 288 g/mol. The van der Waals surface area contributed by atoms with Gasteiger partial charge in [0.1, 0.15) is 12.4 Å². The van der Waals surface area contributed by atoms with E-state index in [1.807, 2.05) is 18.2 Å². The third-order valence-corrected chi connectivity index (χ3v) is 3.86. The highest BCUT2D eigenvalue weighted by Crippen LogP contribution is 2.17. The lowest BCUT2D eigenvalue weighted by Crippen LogP contribution is -2.11. The minimum atomic E-state index is -0.870. The predicted molar refractivity (Wildman–Crippen MR) is 83.4 cm³/mol. The van der Waals surface area contributed by atoms with Crippen molar-refractivity contribution in [3.63, 3.8) is 0 Å². The molecule has 1 heterocycles. The van der Waals surface area contributed by atoms with E-state index < -0.39 is 5.97 Å². The van der Waals surface area contributed by atoms with Gasteiger partial charge < -0.3 is 15.2 Å². The molecule has 2 N–H and O–H groups in total. The summed E-state index contributed by atoms with van der Waals surface area (Å²) >= 11 is 1.40. The van der Waals surface area contributed by atoms with Crippen LogP contribution in [0.1, 0.15) is 16.8 Å². The molecule has 21 heavy (non-hydrogen) atoms. The van der Waals surface area contributed by atoms with E-state index in [-0.39, 0.29) is 6.42 Å². The monoisotopic (exact) mass is 306 g/mol. The number of aryl methyl sites for hydroxylation is 2. The van der Waals surface area contributed by atoms with E-state index in [2.05, 4.69) is 24.1 Å². The lowest BCUT2D eigenvalue weighted by Gasteiger charge is -2.08. The molecule has 6 heteroatoms. The standard InChI is InChI=1S/C15H18N2O3S/c1-10-3-4-13(7-11(10)2)20-6-5-16-15-17-12(9-21-15)8-14(18)19/h3-4,7,9H,5-6,8H2,1-2H3,(H,16,17)(H,18,19). The number of nitrogens with zero attached hydrogens (tertiary/aromatic N) is 1. The largest absolute Gasteiger partial charge is 0.492 e. The Bertz CT molecular complexity index is 625. The number of benzene rings is 1. The fourth-order valence-corrected chi connectivity index (χ4v) is 2.49. The highest BCUT2D eigenvalue weighted by atomic mass is 32.1. The van der Waals surface area contributed by atoms with Crippen molar-refractivity contribution >= 4 is 22.4 Å². The van der Waals surface area contributed by atoms with E-state index in [0.717, 1.165) is 10.9 Å². The van der Waals surface area contributed by atoms with Crippen molar-refractivity contribution in [3.8, 4) is 5.75 Å². The number of anilines is 1. The molecule has 0 atom stereocenters. The molecule has 112 valence electrons. The van der Waals surface area contributed by atoms with Gasteiger partial charge in [0, 0.05) is 5.38 Å². The number of hydrogen-bond donors (Lipinski definition) is 2. The van der Waals surface area contributed by atoms with Crippen LogP contribution in [0.3, 0.4) is 0 Å². The number of thiazole rings is 1. The molecule has 0 amide bonds. The van der Waals surface area contributed by atoms with E-state index in [1.54, 1.807) is 5.38 Å². The summed E-state index contributed by atoms with van der Waals surface area (Å²) in [5.74, 6) is -0.0180. The third-order valence-electron chi connectivity index (χ3n) is 3.01. The van der Waals surface area contributed by atoms with Gasteiger partial charge >= 0.3 is 5.97 Å². The van der Waals surface area contributed by atoms with Gasteiger partial charge in [0.25, 0.3) is 0 Å². The van der Waals surface area contributed by atoms with Crippen LogP contribution in [0.4, 0.5) is 5.13 Å². The summed E-state index contributed by atoms with van der Waals surface area (Å²) in [5, 5.41) is 14.3. The summed E-state index contributed by atoms with van der Waals surface area (Å²) in [6.07, 6.45) is -0.0443. The Morgan fingerprint density at radius 2 is 2.19 bits per heavy atom. The maximum Gasteiger partial charge on any atom is 0.309 e. The van der Waals surface area contributed by atoms with E-state index in [1.165, 1.54) is 22.5 Å². The Morgan fingerprint density at radius 3 is 2.90 bits per heavy atom. The first-order valence-corrected chi connectivity index (χ1v) is 7.52. The predicted octanol–water partition coefficient (Wildman–Crippen LogP) is 2.88. The first kappa shape index (κ1) is 15.3. The van der Waals surface area contributed by atoms with Gasteiger partial charge in [0.2, 0.25) is 0 Å². The number of carboxylic acid groups (broad SMARTS) is 1. The normalized spacial score (nSPS) is 10.4. The maximum absolute atomic E-state index is 10.6. The fourth-order valence-electron chi connectivity index (χ4n) is 1.75. The van der Waals surface area contributed by atoms with E-state index >= 15 is 0 Å². The number of rotatable bonds is 7. The second-order valence-corrected chi connectivity index (χ2v) is 5.59. The van der Waals surface area contributed by atoms with Crippen molar-refractivity contribution in [1.29, 1.82) is 0 Å². The summed E-state index contributed by atoms with van der Waals surface area (Å²) < 4.78 is 5.66. The Balaban J connectivity index is 1.75. The van der Waals surface area contributed by atoms with Crippen LogP contribution < -0.4 is 10.1 Å². The van der Waals surface area contributed by atoms with Crippen molar-refractivity contribution in [2.75, 3.05) is 18.5 Å². The van der Waals surface area contributed by atoms with Gasteiger partial charge in [-0.05, 0) is 37.1 Å². The molecule has 0 unspecified atom stereocenters. The van der Waals surface area contributed by atoms with Crippen LogP contribution in [-0.2, 0) is 11.2 Å². The van der Waals surface area contributed by atoms with Gasteiger partial charge in [0.15, 0.2) is 5.13 Å². The number of ether oxygens (including phenoxy) is 1. The summed E-state index contributed by atoms with van der Waals surface area (Å²) in [5.41, 5.74) is 3.03. The average Bonchev–Trinajstić information content (AvgIpc) is 2.85. The van der Waals surface area contributed by atoms with Gasteiger partial charge in [-0.15, -0.1) is 11.3 Å². The minimum absolute atomic E-state index is 0.0443. The number of carboxylic acids is 1. The first-order valence-electron chi connectivity index (χ1n) is 6.64. The zero-order chi connectivity index (χ0) is 15.2. The molecule has 2 aromatic rings. The number of aromatic nitrogens is 1. The average molecular weight is 306 g/mol. The maximum atomic E-state index is 10.6. The molecule has 1 aromatic carbocycles. The SMILES string of the molecule is Cc1ccc(OCCNc2nc(CC(=O)O)cs2)cc1C. The molecule has 1 aromatic heterocycles. The molecule has 0 fully saturated rings. The van der Waals surface area contributed by atoms with Crippen molar-refractivity contribution in [1.82, 2.24) is 4.98 Å². The van der Waals surface area contributed by atoms with E-state index in [0.29, 0.717) is 18.8 Å². The lowest BCUT2D eigenvalue weighted by atomic mass is 10.1.